The second kappa shape index (κ2) is 4.92. The van der Waals surface area contributed by atoms with Crippen LogP contribution in [0, 0.1) is 5.82 Å². The van der Waals surface area contributed by atoms with Gasteiger partial charge in [0.1, 0.15) is 5.82 Å². The number of nitrogens with zero attached hydrogens (tertiary/aromatic N) is 1. The molecule has 2 aromatic rings. The third kappa shape index (κ3) is 2.44. The van der Waals surface area contributed by atoms with E-state index in [1.165, 1.54) is 24.3 Å². The van der Waals surface area contributed by atoms with Gasteiger partial charge in [0.2, 0.25) is 0 Å². The Morgan fingerprint density at radius 2 is 1.94 bits per heavy atom. The predicted molar refractivity (Wildman–Crippen MR) is 66.6 cm³/mol. The van der Waals surface area contributed by atoms with Crippen LogP contribution in [0.3, 0.4) is 0 Å². The average molecular weight is 286 g/mol. The molecule has 0 saturated carbocycles. The number of pyridine rings is 1. The van der Waals surface area contributed by atoms with Gasteiger partial charge in [-0.05, 0) is 30.3 Å². The van der Waals surface area contributed by atoms with Gasteiger partial charge in [0, 0.05) is 10.6 Å². The summed E-state index contributed by atoms with van der Waals surface area (Å²) in [4.78, 5) is 14.7. The van der Waals surface area contributed by atoms with E-state index in [1.54, 1.807) is 0 Å². The Kier molecular flexibility index (Phi) is 3.50. The summed E-state index contributed by atoms with van der Waals surface area (Å²) in [6.45, 7) is 0. The molecule has 1 N–H and O–H groups in total. The van der Waals surface area contributed by atoms with Gasteiger partial charge in [-0.25, -0.2) is 14.2 Å². The van der Waals surface area contributed by atoms with Crippen LogP contribution in [0.25, 0.3) is 11.3 Å². The van der Waals surface area contributed by atoms with Gasteiger partial charge in [-0.1, -0.05) is 23.2 Å². The summed E-state index contributed by atoms with van der Waals surface area (Å²) in [6, 6.07) is 6.87. The molecule has 18 heavy (non-hydrogen) atoms. The van der Waals surface area contributed by atoms with Crippen LogP contribution in [-0.2, 0) is 0 Å². The van der Waals surface area contributed by atoms with Crippen LogP contribution in [0.2, 0.25) is 10.0 Å². The number of halogens is 3. The highest BCUT2D eigenvalue weighted by atomic mass is 35.5. The van der Waals surface area contributed by atoms with Crippen LogP contribution >= 0.6 is 23.2 Å². The summed E-state index contributed by atoms with van der Waals surface area (Å²) in [6.07, 6.45) is 0. The number of carboxylic acids is 1. The summed E-state index contributed by atoms with van der Waals surface area (Å²) in [5.74, 6) is -1.84. The van der Waals surface area contributed by atoms with Crippen LogP contribution < -0.4 is 0 Å². The topological polar surface area (TPSA) is 50.2 Å². The molecule has 0 radical (unpaired) electrons. The molecule has 1 aromatic heterocycles. The molecule has 92 valence electrons. The molecule has 0 saturated heterocycles. The molecule has 0 atom stereocenters. The van der Waals surface area contributed by atoms with E-state index in [1.807, 2.05) is 0 Å². The molecule has 0 aliphatic heterocycles. The molecule has 2 rings (SSSR count). The first-order valence-electron chi connectivity index (χ1n) is 4.84. The van der Waals surface area contributed by atoms with E-state index in [2.05, 4.69) is 4.98 Å². The van der Waals surface area contributed by atoms with Gasteiger partial charge in [0.25, 0.3) is 0 Å². The number of carboxylic acid groups (broad SMARTS) is 1. The van der Waals surface area contributed by atoms with Crippen molar-refractivity contribution in [1.29, 1.82) is 0 Å². The zero-order valence-electron chi connectivity index (χ0n) is 8.82. The number of carbonyl (C=O) groups is 1. The van der Waals surface area contributed by atoms with Crippen LogP contribution in [0.1, 0.15) is 10.5 Å². The van der Waals surface area contributed by atoms with Crippen LogP contribution in [0.15, 0.2) is 30.3 Å². The van der Waals surface area contributed by atoms with Gasteiger partial charge in [0.05, 0.1) is 10.7 Å². The van der Waals surface area contributed by atoms with E-state index >= 15 is 0 Å². The molecule has 6 heteroatoms. The minimum absolute atomic E-state index is 0.000576. The number of rotatable bonds is 2. The Morgan fingerprint density at radius 1 is 1.22 bits per heavy atom. The van der Waals surface area contributed by atoms with Crippen LogP contribution in [0.4, 0.5) is 4.39 Å². The lowest BCUT2D eigenvalue weighted by Gasteiger charge is -2.05. The lowest BCUT2D eigenvalue weighted by atomic mass is 10.1. The molecule has 1 aromatic carbocycles. The number of hydrogen-bond donors (Lipinski definition) is 1. The number of benzene rings is 1. The minimum atomic E-state index is -1.27. The lowest BCUT2D eigenvalue weighted by molar-refractivity contribution is 0.0691. The molecular weight excluding hydrogens is 280 g/mol. The fourth-order valence-electron chi connectivity index (χ4n) is 1.44. The first-order chi connectivity index (χ1) is 8.49. The van der Waals surface area contributed by atoms with E-state index in [0.29, 0.717) is 0 Å². The van der Waals surface area contributed by atoms with Gasteiger partial charge in [-0.15, -0.1) is 0 Å². The number of aromatic carboxylic acids is 1. The Balaban J connectivity index is 2.58. The smallest absolute Gasteiger partial charge is 0.356 e. The largest absolute Gasteiger partial charge is 0.476 e. The predicted octanol–water partition coefficient (Wildman–Crippen LogP) is 3.89. The van der Waals surface area contributed by atoms with Crippen molar-refractivity contribution in [3.8, 4) is 11.3 Å². The van der Waals surface area contributed by atoms with Crippen molar-refractivity contribution in [1.82, 2.24) is 4.98 Å². The molecular formula is C12H6Cl2FNO2. The number of hydrogen-bond acceptors (Lipinski definition) is 2. The summed E-state index contributed by atoms with van der Waals surface area (Å²) in [7, 11) is 0. The monoisotopic (exact) mass is 285 g/mol. The molecule has 0 aliphatic rings. The molecule has 0 amide bonds. The maximum atomic E-state index is 13.7. The third-order valence-electron chi connectivity index (χ3n) is 2.26. The minimum Gasteiger partial charge on any atom is -0.476 e. The Hall–Kier alpha value is -1.65. The number of aromatic nitrogens is 1. The second-order valence-corrected chi connectivity index (χ2v) is 4.30. The Labute approximate surface area is 112 Å². The average Bonchev–Trinajstić information content (AvgIpc) is 2.30. The molecule has 1 heterocycles. The van der Waals surface area contributed by atoms with Crippen molar-refractivity contribution in [2.75, 3.05) is 0 Å². The van der Waals surface area contributed by atoms with E-state index in [4.69, 9.17) is 28.3 Å². The van der Waals surface area contributed by atoms with Crippen LogP contribution in [-0.4, -0.2) is 16.1 Å². The normalized spacial score (nSPS) is 10.4. The van der Waals surface area contributed by atoms with Crippen LogP contribution in [0.5, 0.6) is 0 Å². The first kappa shape index (κ1) is 12.8. The third-order valence-corrected chi connectivity index (χ3v) is 2.80. The maximum absolute atomic E-state index is 13.7. The van der Waals surface area contributed by atoms with E-state index in [-0.39, 0.29) is 27.0 Å². The van der Waals surface area contributed by atoms with Gasteiger partial charge in [0.15, 0.2) is 5.69 Å². The summed E-state index contributed by atoms with van der Waals surface area (Å²) >= 11 is 11.3. The molecule has 0 unspecified atom stereocenters. The standard InChI is InChI=1S/C12H6Cl2FNO2/c13-6-1-2-7(9(15)5-6)10-4-3-8(14)11(16-10)12(17)18/h1-5H,(H,17,18). The fraction of sp³-hybridized carbons (Fsp3) is 0. The van der Waals surface area contributed by atoms with Gasteiger partial charge in [-0.3, -0.25) is 0 Å². The van der Waals surface area contributed by atoms with Crippen molar-refractivity contribution in [3.05, 3.63) is 51.9 Å². The van der Waals surface area contributed by atoms with E-state index in [0.717, 1.165) is 6.07 Å². The molecule has 0 spiro atoms. The van der Waals surface area contributed by atoms with Crippen molar-refractivity contribution >= 4 is 29.2 Å². The quantitative estimate of drug-likeness (QED) is 0.911. The van der Waals surface area contributed by atoms with E-state index < -0.39 is 11.8 Å². The SMILES string of the molecule is O=C(O)c1nc(-c2ccc(Cl)cc2F)ccc1Cl. The molecule has 3 nitrogen and oxygen atoms in total. The van der Waals surface area contributed by atoms with Gasteiger partial charge < -0.3 is 5.11 Å². The van der Waals surface area contributed by atoms with Gasteiger partial charge >= 0.3 is 5.97 Å². The van der Waals surface area contributed by atoms with Crippen molar-refractivity contribution in [2.45, 2.75) is 0 Å². The Bertz CT molecular complexity index is 631. The molecule has 0 aliphatic carbocycles. The lowest BCUT2D eigenvalue weighted by Crippen LogP contribution is -2.02. The van der Waals surface area contributed by atoms with Crippen molar-refractivity contribution in [3.63, 3.8) is 0 Å². The van der Waals surface area contributed by atoms with Crippen molar-refractivity contribution in [2.24, 2.45) is 0 Å². The first-order valence-corrected chi connectivity index (χ1v) is 5.60. The second-order valence-electron chi connectivity index (χ2n) is 3.46. The summed E-state index contributed by atoms with van der Waals surface area (Å²) < 4.78 is 13.7. The highest BCUT2D eigenvalue weighted by molar-refractivity contribution is 6.33. The molecule has 0 fully saturated rings. The molecule has 0 bridgehead atoms. The maximum Gasteiger partial charge on any atom is 0.356 e. The van der Waals surface area contributed by atoms with Crippen molar-refractivity contribution < 1.29 is 14.3 Å². The summed E-state index contributed by atoms with van der Waals surface area (Å²) in [5, 5.41) is 9.14. The Morgan fingerprint density at radius 3 is 2.56 bits per heavy atom. The summed E-state index contributed by atoms with van der Waals surface area (Å²) in [5.41, 5.74) is 0.0352. The van der Waals surface area contributed by atoms with E-state index in [9.17, 15) is 9.18 Å². The fourth-order valence-corrected chi connectivity index (χ4v) is 1.78. The highest BCUT2D eigenvalue weighted by Crippen LogP contribution is 2.26. The zero-order valence-corrected chi connectivity index (χ0v) is 10.3. The highest BCUT2D eigenvalue weighted by Gasteiger charge is 2.14. The van der Waals surface area contributed by atoms with Gasteiger partial charge in [-0.2, -0.15) is 0 Å². The zero-order chi connectivity index (χ0) is 13.3.